The van der Waals surface area contributed by atoms with Crippen LogP contribution >= 0.6 is 0 Å². The van der Waals surface area contributed by atoms with Crippen LogP contribution < -0.4 is 4.72 Å². The Hall–Kier alpha value is -1.77. The smallest absolute Gasteiger partial charge is 0.211 e. The molecule has 8 heteroatoms. The van der Waals surface area contributed by atoms with Crippen LogP contribution in [0.4, 0.5) is 0 Å². The molecule has 0 unspecified atom stereocenters. The van der Waals surface area contributed by atoms with Gasteiger partial charge in [-0.25, -0.2) is 21.6 Å². The molecule has 0 saturated heterocycles. The standard InChI is InChI=1S/C19H26N2O4S2/c1-4-5-11-26(22,23)21-14-19(17-7-6-10-20-13-17)27(24,25)18-9-8-15(2)16(3)12-18/h6-10,12-13,19,21H,4-5,11,14H2,1-3H3/t19-/m1/s1. The fraction of sp³-hybridized carbons (Fsp3) is 0.421. The number of rotatable bonds is 9. The molecule has 1 N–H and O–H groups in total. The van der Waals surface area contributed by atoms with E-state index in [1.165, 1.54) is 6.20 Å². The Balaban J connectivity index is 2.39. The van der Waals surface area contributed by atoms with Gasteiger partial charge in [0, 0.05) is 18.9 Å². The molecule has 0 fully saturated rings. The third-order valence-electron chi connectivity index (χ3n) is 4.49. The summed E-state index contributed by atoms with van der Waals surface area (Å²) in [4.78, 5) is 4.17. The molecule has 0 radical (unpaired) electrons. The predicted molar refractivity (Wildman–Crippen MR) is 107 cm³/mol. The quantitative estimate of drug-likeness (QED) is 0.686. The second-order valence-corrected chi connectivity index (χ2v) is 10.6. The monoisotopic (exact) mass is 410 g/mol. The van der Waals surface area contributed by atoms with Gasteiger partial charge in [0.2, 0.25) is 10.0 Å². The van der Waals surface area contributed by atoms with Gasteiger partial charge in [0.05, 0.1) is 10.6 Å². The Bertz CT molecular complexity index is 972. The average Bonchev–Trinajstić information content (AvgIpc) is 2.63. The lowest BCUT2D eigenvalue weighted by atomic mass is 10.1. The highest BCUT2D eigenvalue weighted by Gasteiger charge is 2.30. The van der Waals surface area contributed by atoms with E-state index >= 15 is 0 Å². The summed E-state index contributed by atoms with van der Waals surface area (Å²) in [6.45, 7) is 5.43. The maximum atomic E-state index is 13.3. The van der Waals surface area contributed by atoms with Crippen molar-refractivity contribution < 1.29 is 16.8 Å². The highest BCUT2D eigenvalue weighted by atomic mass is 32.2. The first-order valence-corrected chi connectivity index (χ1v) is 12.1. The van der Waals surface area contributed by atoms with Crippen LogP contribution in [0.25, 0.3) is 0 Å². The summed E-state index contributed by atoms with van der Waals surface area (Å²) in [5.41, 5.74) is 2.31. The molecule has 27 heavy (non-hydrogen) atoms. The Morgan fingerprint density at radius 3 is 2.41 bits per heavy atom. The number of aryl methyl sites for hydroxylation is 2. The molecule has 0 aliphatic carbocycles. The number of aromatic nitrogens is 1. The molecule has 1 aromatic heterocycles. The molecule has 2 rings (SSSR count). The van der Waals surface area contributed by atoms with Gasteiger partial charge in [-0.2, -0.15) is 0 Å². The highest BCUT2D eigenvalue weighted by molar-refractivity contribution is 7.92. The average molecular weight is 411 g/mol. The number of unbranched alkanes of at least 4 members (excludes halogenated alkanes) is 1. The van der Waals surface area contributed by atoms with Crippen molar-refractivity contribution in [3.05, 3.63) is 59.4 Å². The van der Waals surface area contributed by atoms with Crippen LogP contribution in [0.3, 0.4) is 0 Å². The Morgan fingerprint density at radius 2 is 1.81 bits per heavy atom. The zero-order valence-electron chi connectivity index (χ0n) is 15.8. The lowest BCUT2D eigenvalue weighted by Crippen LogP contribution is -2.33. The van der Waals surface area contributed by atoms with Gasteiger partial charge >= 0.3 is 0 Å². The molecule has 1 aromatic carbocycles. The minimum absolute atomic E-state index is 0.0209. The van der Waals surface area contributed by atoms with E-state index in [2.05, 4.69) is 9.71 Å². The van der Waals surface area contributed by atoms with Crippen LogP contribution in [0, 0.1) is 13.8 Å². The number of sulfonamides is 1. The fourth-order valence-electron chi connectivity index (χ4n) is 2.64. The zero-order chi connectivity index (χ0) is 20.1. The van der Waals surface area contributed by atoms with Crippen molar-refractivity contribution >= 4 is 19.9 Å². The van der Waals surface area contributed by atoms with Gasteiger partial charge in [0.1, 0.15) is 5.25 Å². The highest BCUT2D eigenvalue weighted by Crippen LogP contribution is 2.29. The van der Waals surface area contributed by atoms with Gasteiger partial charge < -0.3 is 0 Å². The first-order valence-electron chi connectivity index (χ1n) is 8.86. The minimum Gasteiger partial charge on any atom is -0.264 e. The van der Waals surface area contributed by atoms with E-state index in [0.29, 0.717) is 12.0 Å². The Kier molecular flexibility index (Phi) is 7.13. The van der Waals surface area contributed by atoms with Crippen molar-refractivity contribution in [2.75, 3.05) is 12.3 Å². The summed E-state index contributed by atoms with van der Waals surface area (Å²) in [7, 11) is -7.34. The predicted octanol–water partition coefficient (Wildman–Crippen LogP) is 2.93. The van der Waals surface area contributed by atoms with Crippen LogP contribution in [0.2, 0.25) is 0 Å². The molecule has 0 amide bonds. The van der Waals surface area contributed by atoms with E-state index in [1.807, 2.05) is 20.8 Å². The summed E-state index contributed by atoms with van der Waals surface area (Å²) >= 11 is 0. The number of hydrogen-bond acceptors (Lipinski definition) is 5. The summed E-state index contributed by atoms with van der Waals surface area (Å²) in [5.74, 6) is -0.0209. The zero-order valence-corrected chi connectivity index (χ0v) is 17.5. The summed E-state index contributed by atoms with van der Waals surface area (Å²) in [6, 6.07) is 8.24. The van der Waals surface area contributed by atoms with Gasteiger partial charge in [-0.05, 0) is 55.2 Å². The molecule has 0 aliphatic rings. The number of pyridine rings is 1. The van der Waals surface area contributed by atoms with Crippen molar-refractivity contribution in [2.24, 2.45) is 0 Å². The normalized spacial score (nSPS) is 13.4. The SMILES string of the molecule is CCCCS(=O)(=O)NC[C@H](c1cccnc1)S(=O)(=O)c1ccc(C)c(C)c1. The Labute approximate surface area is 162 Å². The lowest BCUT2D eigenvalue weighted by molar-refractivity contribution is 0.566. The van der Waals surface area contributed by atoms with Crippen molar-refractivity contribution in [2.45, 2.75) is 43.8 Å². The van der Waals surface area contributed by atoms with Gasteiger partial charge in [-0.15, -0.1) is 0 Å². The van der Waals surface area contributed by atoms with Crippen LogP contribution in [0.5, 0.6) is 0 Å². The molecular weight excluding hydrogens is 384 g/mol. The maximum absolute atomic E-state index is 13.3. The Morgan fingerprint density at radius 1 is 1.07 bits per heavy atom. The van der Waals surface area contributed by atoms with Gasteiger partial charge in [-0.3, -0.25) is 4.98 Å². The van der Waals surface area contributed by atoms with E-state index in [0.717, 1.165) is 17.5 Å². The van der Waals surface area contributed by atoms with Crippen LogP contribution in [-0.4, -0.2) is 34.1 Å². The van der Waals surface area contributed by atoms with Crippen molar-refractivity contribution in [3.8, 4) is 0 Å². The van der Waals surface area contributed by atoms with E-state index < -0.39 is 25.1 Å². The molecule has 1 atom stereocenters. The largest absolute Gasteiger partial charge is 0.264 e. The molecule has 1 heterocycles. The van der Waals surface area contributed by atoms with Gasteiger partial charge in [-0.1, -0.05) is 25.5 Å². The van der Waals surface area contributed by atoms with Gasteiger partial charge in [0.15, 0.2) is 9.84 Å². The van der Waals surface area contributed by atoms with Crippen molar-refractivity contribution in [3.63, 3.8) is 0 Å². The second kappa shape index (κ2) is 8.95. The van der Waals surface area contributed by atoms with Gasteiger partial charge in [0.25, 0.3) is 0 Å². The molecule has 0 aliphatic heterocycles. The summed E-state index contributed by atoms with van der Waals surface area (Å²) in [5, 5.41) is -1.05. The first-order chi connectivity index (χ1) is 12.7. The topological polar surface area (TPSA) is 93.2 Å². The number of sulfone groups is 1. The molecule has 6 nitrogen and oxygen atoms in total. The molecule has 0 bridgehead atoms. The number of nitrogens with one attached hydrogen (secondary N) is 1. The van der Waals surface area contributed by atoms with E-state index in [-0.39, 0.29) is 17.2 Å². The number of benzene rings is 1. The molecular formula is C19H26N2O4S2. The summed E-state index contributed by atoms with van der Waals surface area (Å²) < 4.78 is 53.3. The van der Waals surface area contributed by atoms with E-state index in [1.54, 1.807) is 36.5 Å². The fourth-order valence-corrected chi connectivity index (χ4v) is 5.70. The van der Waals surface area contributed by atoms with E-state index in [9.17, 15) is 16.8 Å². The van der Waals surface area contributed by atoms with Crippen molar-refractivity contribution in [1.29, 1.82) is 0 Å². The molecule has 2 aromatic rings. The van der Waals surface area contributed by atoms with Crippen LogP contribution in [-0.2, 0) is 19.9 Å². The van der Waals surface area contributed by atoms with Crippen molar-refractivity contribution in [1.82, 2.24) is 9.71 Å². The van der Waals surface area contributed by atoms with Crippen LogP contribution in [0.1, 0.15) is 41.7 Å². The maximum Gasteiger partial charge on any atom is 0.211 e. The van der Waals surface area contributed by atoms with E-state index in [4.69, 9.17) is 0 Å². The molecule has 148 valence electrons. The number of nitrogens with zero attached hydrogens (tertiary/aromatic N) is 1. The number of hydrogen-bond donors (Lipinski definition) is 1. The molecule has 0 saturated carbocycles. The first kappa shape index (κ1) is 21.5. The minimum atomic E-state index is -3.80. The van der Waals surface area contributed by atoms with Crippen LogP contribution in [0.15, 0.2) is 47.6 Å². The third kappa shape index (κ3) is 5.60. The summed E-state index contributed by atoms with van der Waals surface area (Å²) in [6.07, 6.45) is 4.28. The lowest BCUT2D eigenvalue weighted by Gasteiger charge is -2.19. The third-order valence-corrected chi connectivity index (χ3v) is 8.02. The second-order valence-electron chi connectivity index (χ2n) is 6.59. The molecule has 0 spiro atoms.